The molecule has 0 aromatic rings. The van der Waals surface area contributed by atoms with Crippen molar-refractivity contribution in [2.75, 3.05) is 26.2 Å². The van der Waals surface area contributed by atoms with E-state index >= 15 is 0 Å². The van der Waals surface area contributed by atoms with Gasteiger partial charge in [-0.1, -0.05) is 26.7 Å². The number of carbonyl (C=O) groups is 1. The number of halogens is 1. The average Bonchev–Trinajstić information content (AvgIpc) is 3.42. The molecule has 27 heavy (non-hydrogen) atoms. The Balaban J connectivity index is 0.00000676. The summed E-state index contributed by atoms with van der Waals surface area (Å²) in [7, 11) is 0. The third-order valence-electron chi connectivity index (χ3n) is 4.57. The lowest BCUT2D eigenvalue weighted by Gasteiger charge is -2.26. The van der Waals surface area contributed by atoms with Crippen molar-refractivity contribution in [2.24, 2.45) is 10.9 Å². The fraction of sp³-hybridized carbons (Fsp3) is 0.895. The van der Waals surface area contributed by atoms with E-state index in [1.54, 1.807) is 6.92 Å². The van der Waals surface area contributed by atoms with Gasteiger partial charge < -0.3 is 25.8 Å². The Morgan fingerprint density at radius 1 is 1.19 bits per heavy atom. The lowest BCUT2D eigenvalue weighted by molar-refractivity contribution is 0.0306. The molecule has 7 nitrogen and oxygen atoms in total. The van der Waals surface area contributed by atoms with Crippen molar-refractivity contribution in [3.63, 3.8) is 0 Å². The highest BCUT2D eigenvalue weighted by molar-refractivity contribution is 14.0. The van der Waals surface area contributed by atoms with Gasteiger partial charge in [0.15, 0.2) is 5.96 Å². The molecule has 0 aromatic heterocycles. The number of amides is 1. The Bertz CT molecular complexity index is 439. The summed E-state index contributed by atoms with van der Waals surface area (Å²) in [6, 6.07) is 0.0306. The second-order valence-electron chi connectivity index (χ2n) is 7.11. The minimum atomic E-state index is -0.745. The Hall–Kier alpha value is -0.770. The van der Waals surface area contributed by atoms with Gasteiger partial charge in [0.1, 0.15) is 0 Å². The van der Waals surface area contributed by atoms with Crippen molar-refractivity contribution in [1.82, 2.24) is 16.0 Å². The molecule has 0 radical (unpaired) electrons. The number of carbonyl (C=O) groups excluding carboxylic acids is 1. The molecule has 160 valence electrons. The van der Waals surface area contributed by atoms with E-state index in [2.05, 4.69) is 34.8 Å². The van der Waals surface area contributed by atoms with Crippen LogP contribution in [0.3, 0.4) is 0 Å². The predicted octanol–water partition coefficient (Wildman–Crippen LogP) is 3.02. The van der Waals surface area contributed by atoms with Crippen LogP contribution < -0.4 is 16.0 Å². The van der Waals surface area contributed by atoms with E-state index < -0.39 is 5.60 Å². The van der Waals surface area contributed by atoms with Gasteiger partial charge in [0.2, 0.25) is 0 Å². The molecule has 0 aromatic carbocycles. The zero-order chi connectivity index (χ0) is 19.4. The second kappa shape index (κ2) is 14.3. The minimum absolute atomic E-state index is 0. The highest BCUT2D eigenvalue weighted by Gasteiger charge is 2.32. The number of rotatable bonds is 12. The Labute approximate surface area is 181 Å². The van der Waals surface area contributed by atoms with Gasteiger partial charge in [0.25, 0.3) is 0 Å². The van der Waals surface area contributed by atoms with E-state index in [0.29, 0.717) is 31.6 Å². The van der Waals surface area contributed by atoms with Crippen molar-refractivity contribution >= 4 is 36.0 Å². The maximum absolute atomic E-state index is 11.7. The molecule has 1 fully saturated rings. The van der Waals surface area contributed by atoms with Crippen molar-refractivity contribution in [1.29, 1.82) is 0 Å². The summed E-state index contributed by atoms with van der Waals surface area (Å²) in [6.07, 6.45) is 5.25. The van der Waals surface area contributed by atoms with Gasteiger partial charge in [-0.3, -0.25) is 4.99 Å². The number of nitrogens with zero attached hydrogens (tertiary/aromatic N) is 1. The zero-order valence-electron chi connectivity index (χ0n) is 17.3. The number of ether oxygens (including phenoxy) is 1. The van der Waals surface area contributed by atoms with Crippen molar-refractivity contribution in [3.05, 3.63) is 0 Å². The molecule has 4 N–H and O–H groups in total. The first-order valence-corrected chi connectivity index (χ1v) is 10.2. The van der Waals surface area contributed by atoms with Crippen molar-refractivity contribution in [2.45, 2.75) is 77.9 Å². The van der Waals surface area contributed by atoms with Crippen molar-refractivity contribution < 1.29 is 14.6 Å². The SMILES string of the molecule is CCCC(O)(CCC)CN=C(NCC)NCC(NC(=O)OCC)C1CC1.I. The fourth-order valence-corrected chi connectivity index (χ4v) is 3.15. The van der Waals surface area contributed by atoms with Crippen LogP contribution in [-0.2, 0) is 4.74 Å². The molecule has 1 aliphatic carbocycles. The van der Waals surface area contributed by atoms with E-state index in [9.17, 15) is 9.90 Å². The van der Waals surface area contributed by atoms with Crippen LogP contribution in [0, 0.1) is 5.92 Å². The minimum Gasteiger partial charge on any atom is -0.450 e. The number of alkyl carbamates (subject to hydrolysis) is 1. The van der Waals surface area contributed by atoms with Crippen LogP contribution in [0.25, 0.3) is 0 Å². The molecule has 0 spiro atoms. The Morgan fingerprint density at radius 3 is 2.30 bits per heavy atom. The number of aliphatic imine (C=N–C) groups is 1. The maximum atomic E-state index is 11.7. The van der Waals surface area contributed by atoms with Crippen LogP contribution in [-0.4, -0.2) is 55.0 Å². The number of guanidine groups is 1. The average molecular weight is 498 g/mol. The van der Waals surface area contributed by atoms with E-state index in [1.165, 1.54) is 0 Å². The molecule has 1 aliphatic rings. The predicted molar refractivity (Wildman–Crippen MR) is 121 cm³/mol. The third-order valence-corrected chi connectivity index (χ3v) is 4.57. The van der Waals surface area contributed by atoms with E-state index in [-0.39, 0.29) is 36.1 Å². The standard InChI is InChI=1S/C19H38N4O3.HI/c1-5-11-19(25,12-6-2)14-22-17(20-7-3)21-13-16(15-9-10-15)23-18(24)26-8-4;/h15-16,25H,5-14H2,1-4H3,(H,23,24)(H2,20,21,22);1H. The van der Waals surface area contributed by atoms with Crippen molar-refractivity contribution in [3.8, 4) is 0 Å². The van der Waals surface area contributed by atoms with E-state index in [0.717, 1.165) is 45.1 Å². The summed E-state index contributed by atoms with van der Waals surface area (Å²) in [4.78, 5) is 16.3. The number of nitrogens with one attached hydrogen (secondary N) is 3. The van der Waals surface area contributed by atoms with Crippen LogP contribution in [0.2, 0.25) is 0 Å². The first-order chi connectivity index (χ1) is 12.5. The topological polar surface area (TPSA) is 95.0 Å². The molecular weight excluding hydrogens is 459 g/mol. The van der Waals surface area contributed by atoms with Crippen LogP contribution in [0.4, 0.5) is 4.79 Å². The quantitative estimate of drug-likeness (QED) is 0.189. The number of aliphatic hydroxyl groups is 1. The molecule has 0 saturated heterocycles. The van der Waals surface area contributed by atoms with E-state index in [4.69, 9.17) is 4.74 Å². The molecule has 0 aliphatic heterocycles. The summed E-state index contributed by atoms with van der Waals surface area (Å²) < 4.78 is 4.99. The summed E-state index contributed by atoms with van der Waals surface area (Å²) in [5, 5.41) is 20.2. The van der Waals surface area contributed by atoms with Crippen LogP contribution in [0.5, 0.6) is 0 Å². The van der Waals surface area contributed by atoms with Crippen LogP contribution in [0.15, 0.2) is 4.99 Å². The number of hydrogen-bond acceptors (Lipinski definition) is 4. The van der Waals surface area contributed by atoms with Gasteiger partial charge >= 0.3 is 6.09 Å². The van der Waals surface area contributed by atoms with Gasteiger partial charge in [-0.15, -0.1) is 24.0 Å². The van der Waals surface area contributed by atoms with Gasteiger partial charge in [0.05, 0.1) is 24.8 Å². The fourth-order valence-electron chi connectivity index (χ4n) is 3.15. The summed E-state index contributed by atoms with van der Waals surface area (Å²) in [5.41, 5.74) is -0.745. The van der Waals surface area contributed by atoms with Crippen LogP contribution >= 0.6 is 24.0 Å². The van der Waals surface area contributed by atoms with Crippen LogP contribution in [0.1, 0.15) is 66.2 Å². The van der Waals surface area contributed by atoms with Gasteiger partial charge in [-0.05, 0) is 45.4 Å². The maximum Gasteiger partial charge on any atom is 0.407 e. The molecule has 0 bridgehead atoms. The molecule has 1 unspecified atom stereocenters. The Kier molecular flexibility index (Phi) is 13.9. The van der Waals surface area contributed by atoms with Gasteiger partial charge in [0, 0.05) is 13.1 Å². The lowest BCUT2D eigenvalue weighted by Crippen LogP contribution is -2.48. The monoisotopic (exact) mass is 498 g/mol. The third kappa shape index (κ3) is 11.0. The molecular formula is C19H39IN4O3. The normalized spacial score (nSPS) is 15.5. The summed E-state index contributed by atoms with van der Waals surface area (Å²) >= 11 is 0. The highest BCUT2D eigenvalue weighted by atomic mass is 127. The van der Waals surface area contributed by atoms with E-state index in [1.807, 2.05) is 6.92 Å². The van der Waals surface area contributed by atoms with Gasteiger partial charge in [-0.25, -0.2) is 4.79 Å². The molecule has 1 amide bonds. The second-order valence-corrected chi connectivity index (χ2v) is 7.11. The number of hydrogen-bond donors (Lipinski definition) is 4. The zero-order valence-corrected chi connectivity index (χ0v) is 19.7. The molecule has 1 saturated carbocycles. The van der Waals surface area contributed by atoms with Gasteiger partial charge in [-0.2, -0.15) is 0 Å². The summed E-state index contributed by atoms with van der Waals surface area (Å²) in [6.45, 7) is 10.0. The highest BCUT2D eigenvalue weighted by Crippen LogP contribution is 2.32. The summed E-state index contributed by atoms with van der Waals surface area (Å²) in [5.74, 6) is 1.17. The molecule has 0 heterocycles. The first kappa shape index (κ1) is 26.2. The first-order valence-electron chi connectivity index (χ1n) is 10.2. The lowest BCUT2D eigenvalue weighted by atomic mass is 9.93. The molecule has 1 rings (SSSR count). The Morgan fingerprint density at radius 2 is 1.81 bits per heavy atom. The smallest absolute Gasteiger partial charge is 0.407 e. The largest absolute Gasteiger partial charge is 0.450 e. The molecule has 1 atom stereocenters. The molecule has 8 heteroatoms.